The highest BCUT2D eigenvalue weighted by atomic mass is 35.5. The summed E-state index contributed by atoms with van der Waals surface area (Å²) in [7, 11) is 1.46. The number of likely N-dealkylation sites (N-methyl/N-ethyl adjacent to an activating group) is 1. The number of rotatable bonds is 4. The number of nitrogens with one attached hydrogen (secondary N) is 2. The predicted octanol–water partition coefficient (Wildman–Crippen LogP) is 2.63. The van der Waals surface area contributed by atoms with Gasteiger partial charge in [0.1, 0.15) is 6.04 Å². The summed E-state index contributed by atoms with van der Waals surface area (Å²) >= 11 is 6.02. The molecule has 1 aliphatic heterocycles. The molecule has 0 radical (unpaired) electrons. The van der Waals surface area contributed by atoms with E-state index in [2.05, 4.69) is 10.6 Å². The van der Waals surface area contributed by atoms with Crippen molar-refractivity contribution in [2.24, 2.45) is 0 Å². The van der Waals surface area contributed by atoms with Gasteiger partial charge in [-0.05, 0) is 32.9 Å². The number of amides is 3. The summed E-state index contributed by atoms with van der Waals surface area (Å²) in [5.41, 5.74) is 0.734. The maximum atomic E-state index is 14.9. The normalized spacial score (nSPS) is 15.4. The predicted molar refractivity (Wildman–Crippen MR) is 94.0 cm³/mol. The molecule has 3 amide bonds. The second-order valence-corrected chi connectivity index (χ2v) is 6.33. The molecule has 2 N–H and O–H groups in total. The Bertz CT molecular complexity index is 788. The lowest BCUT2D eigenvalue weighted by molar-refractivity contribution is -0.122. The van der Waals surface area contributed by atoms with Crippen LogP contribution < -0.4 is 15.5 Å². The Morgan fingerprint density at radius 1 is 1.32 bits per heavy atom. The molecule has 1 unspecified atom stereocenters. The average Bonchev–Trinajstić information content (AvgIpc) is 2.86. The van der Waals surface area contributed by atoms with Gasteiger partial charge in [0.2, 0.25) is 11.8 Å². The van der Waals surface area contributed by atoms with E-state index in [9.17, 15) is 18.8 Å². The summed E-state index contributed by atoms with van der Waals surface area (Å²) in [6.45, 7) is 4.98. The smallest absolute Gasteiger partial charge is 0.261 e. The third-order valence-electron chi connectivity index (χ3n) is 3.95. The van der Waals surface area contributed by atoms with Crippen molar-refractivity contribution >= 4 is 40.7 Å². The molecule has 25 heavy (non-hydrogen) atoms. The molecule has 134 valence electrons. The van der Waals surface area contributed by atoms with Crippen LogP contribution in [0.4, 0.5) is 15.8 Å². The summed E-state index contributed by atoms with van der Waals surface area (Å²) in [4.78, 5) is 37.1. The van der Waals surface area contributed by atoms with Gasteiger partial charge < -0.3 is 10.6 Å². The zero-order valence-corrected chi connectivity index (χ0v) is 15.1. The lowest BCUT2D eigenvalue weighted by Crippen LogP contribution is -2.36. The average molecular weight is 368 g/mol. The van der Waals surface area contributed by atoms with E-state index in [1.807, 2.05) is 0 Å². The van der Waals surface area contributed by atoms with Crippen molar-refractivity contribution < 1.29 is 18.8 Å². The van der Waals surface area contributed by atoms with Crippen molar-refractivity contribution in [3.8, 4) is 0 Å². The maximum absolute atomic E-state index is 14.9. The summed E-state index contributed by atoms with van der Waals surface area (Å²) in [5, 5.41) is 5.15. The third-order valence-corrected chi connectivity index (χ3v) is 4.27. The standard InChI is InChI=1S/C17H19ClFN3O3/c1-8(2)10-7-13(23)22(17(10)25)12-6-5-11(18)15(14(12)19)21-9(3)16(24)20-4/h5-6,9,21H,7H2,1-4H3,(H,20,24). The minimum absolute atomic E-state index is 0.0403. The third kappa shape index (κ3) is 3.51. The van der Waals surface area contributed by atoms with Crippen molar-refractivity contribution in [1.29, 1.82) is 0 Å². The van der Waals surface area contributed by atoms with Gasteiger partial charge in [-0.25, -0.2) is 9.29 Å². The van der Waals surface area contributed by atoms with E-state index in [4.69, 9.17) is 11.6 Å². The quantitative estimate of drug-likeness (QED) is 0.633. The van der Waals surface area contributed by atoms with Gasteiger partial charge in [0, 0.05) is 12.6 Å². The van der Waals surface area contributed by atoms with Crippen LogP contribution in [0.25, 0.3) is 0 Å². The van der Waals surface area contributed by atoms with Gasteiger partial charge in [-0.1, -0.05) is 17.2 Å². The van der Waals surface area contributed by atoms with Crippen LogP contribution in [-0.2, 0) is 14.4 Å². The fourth-order valence-electron chi connectivity index (χ4n) is 2.53. The molecular weight excluding hydrogens is 349 g/mol. The van der Waals surface area contributed by atoms with E-state index in [-0.39, 0.29) is 28.7 Å². The Balaban J connectivity index is 2.46. The number of nitrogens with zero attached hydrogens (tertiary/aromatic N) is 1. The number of carbonyl (C=O) groups excluding carboxylic acids is 3. The van der Waals surface area contributed by atoms with Gasteiger partial charge in [-0.3, -0.25) is 14.4 Å². The van der Waals surface area contributed by atoms with E-state index in [0.29, 0.717) is 11.1 Å². The van der Waals surface area contributed by atoms with Crippen molar-refractivity contribution in [3.05, 3.63) is 34.1 Å². The lowest BCUT2D eigenvalue weighted by Gasteiger charge is -2.20. The van der Waals surface area contributed by atoms with E-state index in [1.54, 1.807) is 13.8 Å². The van der Waals surface area contributed by atoms with Gasteiger partial charge in [-0.15, -0.1) is 0 Å². The molecule has 1 aromatic rings. The molecule has 6 nitrogen and oxygen atoms in total. The van der Waals surface area contributed by atoms with Crippen molar-refractivity contribution in [3.63, 3.8) is 0 Å². The molecule has 1 aromatic carbocycles. The topological polar surface area (TPSA) is 78.5 Å². The zero-order valence-electron chi connectivity index (χ0n) is 14.4. The number of hydrogen-bond acceptors (Lipinski definition) is 4. The van der Waals surface area contributed by atoms with Crippen molar-refractivity contribution in [1.82, 2.24) is 5.32 Å². The van der Waals surface area contributed by atoms with Crippen LogP contribution in [0.5, 0.6) is 0 Å². The molecule has 1 heterocycles. The number of hydrogen-bond donors (Lipinski definition) is 2. The monoisotopic (exact) mass is 367 g/mol. The first kappa shape index (κ1) is 18.9. The summed E-state index contributed by atoms with van der Waals surface area (Å²) in [6.07, 6.45) is -0.0688. The molecule has 2 rings (SSSR count). The minimum Gasteiger partial charge on any atom is -0.370 e. The molecule has 0 saturated carbocycles. The Labute approximate surface area is 150 Å². The van der Waals surface area contributed by atoms with E-state index >= 15 is 0 Å². The van der Waals surface area contributed by atoms with Crippen molar-refractivity contribution in [2.45, 2.75) is 33.2 Å². The molecule has 1 saturated heterocycles. The summed E-state index contributed by atoms with van der Waals surface area (Å²) in [5.74, 6) is -2.27. The SMILES string of the molecule is CNC(=O)C(C)Nc1c(Cl)ccc(N2C(=O)CC(=C(C)C)C2=O)c1F. The lowest BCUT2D eigenvalue weighted by atomic mass is 10.1. The number of benzene rings is 1. The van der Waals surface area contributed by atoms with Crippen LogP contribution in [0.2, 0.25) is 5.02 Å². The Morgan fingerprint density at radius 2 is 1.96 bits per heavy atom. The van der Waals surface area contributed by atoms with E-state index in [1.165, 1.54) is 26.1 Å². The molecule has 1 fully saturated rings. The highest BCUT2D eigenvalue weighted by Crippen LogP contribution is 2.36. The zero-order chi connectivity index (χ0) is 18.9. The van der Waals surface area contributed by atoms with Gasteiger partial charge in [0.05, 0.1) is 22.8 Å². The number of imide groups is 1. The van der Waals surface area contributed by atoms with Crippen LogP contribution in [0.3, 0.4) is 0 Å². The maximum Gasteiger partial charge on any atom is 0.261 e. The van der Waals surface area contributed by atoms with Crippen LogP contribution in [0, 0.1) is 5.82 Å². The van der Waals surface area contributed by atoms with Gasteiger partial charge in [0.15, 0.2) is 5.82 Å². The summed E-state index contributed by atoms with van der Waals surface area (Å²) in [6, 6.07) is 1.89. The highest BCUT2D eigenvalue weighted by molar-refractivity contribution is 6.34. The largest absolute Gasteiger partial charge is 0.370 e. The van der Waals surface area contributed by atoms with Crippen molar-refractivity contribution in [2.75, 3.05) is 17.3 Å². The molecular formula is C17H19ClFN3O3. The minimum atomic E-state index is -0.861. The van der Waals surface area contributed by atoms with Crippen LogP contribution >= 0.6 is 11.6 Å². The molecule has 0 aromatic heterocycles. The van der Waals surface area contributed by atoms with Crippen LogP contribution in [0.1, 0.15) is 27.2 Å². The van der Waals surface area contributed by atoms with Crippen LogP contribution in [0.15, 0.2) is 23.3 Å². The van der Waals surface area contributed by atoms with Gasteiger partial charge >= 0.3 is 0 Å². The fraction of sp³-hybridized carbons (Fsp3) is 0.353. The van der Waals surface area contributed by atoms with E-state index < -0.39 is 23.7 Å². The fourth-order valence-corrected chi connectivity index (χ4v) is 2.73. The number of anilines is 2. The molecule has 8 heteroatoms. The Morgan fingerprint density at radius 3 is 2.48 bits per heavy atom. The molecule has 1 aliphatic rings. The number of carbonyl (C=O) groups is 3. The first-order valence-corrected chi connectivity index (χ1v) is 8.06. The highest BCUT2D eigenvalue weighted by Gasteiger charge is 2.37. The second kappa shape index (κ2) is 7.23. The molecule has 1 atom stereocenters. The first-order valence-electron chi connectivity index (χ1n) is 7.68. The Hall–Kier alpha value is -2.41. The van der Waals surface area contributed by atoms with Gasteiger partial charge in [-0.2, -0.15) is 0 Å². The second-order valence-electron chi connectivity index (χ2n) is 5.93. The number of halogens is 2. The molecule has 0 spiro atoms. The Kier molecular flexibility index (Phi) is 5.47. The van der Waals surface area contributed by atoms with Gasteiger partial charge in [0.25, 0.3) is 5.91 Å². The first-order chi connectivity index (χ1) is 11.7. The molecule has 0 bridgehead atoms. The van der Waals surface area contributed by atoms with E-state index in [0.717, 1.165) is 4.90 Å². The number of allylic oxidation sites excluding steroid dienone is 1. The summed E-state index contributed by atoms with van der Waals surface area (Å²) < 4.78 is 14.9. The molecule has 0 aliphatic carbocycles. The van der Waals surface area contributed by atoms with Crippen LogP contribution in [-0.4, -0.2) is 30.8 Å².